The minimum atomic E-state index is 0.0246. The Balaban J connectivity index is 1.49. The molecule has 0 N–H and O–H groups in total. The van der Waals surface area contributed by atoms with Crippen molar-refractivity contribution in [1.82, 2.24) is 19.7 Å². The molecule has 1 aromatic carbocycles. The molecule has 162 valence electrons. The van der Waals surface area contributed by atoms with Gasteiger partial charge >= 0.3 is 0 Å². The van der Waals surface area contributed by atoms with Crippen molar-refractivity contribution in [3.8, 4) is 16.9 Å². The summed E-state index contributed by atoms with van der Waals surface area (Å²) in [6.07, 6.45) is 8.92. The van der Waals surface area contributed by atoms with Crippen molar-refractivity contribution in [2.45, 2.75) is 45.6 Å². The summed E-state index contributed by atoms with van der Waals surface area (Å²) in [5, 5.41) is 4.78. The number of carbonyl (C=O) groups excluding carboxylic acids is 1. The fourth-order valence-corrected chi connectivity index (χ4v) is 4.40. The molecule has 1 unspecified atom stereocenters. The molecule has 3 heterocycles. The quantitative estimate of drug-likeness (QED) is 0.567. The van der Waals surface area contributed by atoms with Crippen LogP contribution in [0.5, 0.6) is 5.75 Å². The molecule has 4 rings (SSSR count). The first-order valence-electron chi connectivity index (χ1n) is 11.0. The molecule has 0 spiro atoms. The Morgan fingerprint density at radius 2 is 2.00 bits per heavy atom. The van der Waals surface area contributed by atoms with Crippen molar-refractivity contribution in [3.05, 3.63) is 65.7 Å². The standard InChI is InChI=1S/C25H30N4O2/c1-4-31-20-10-7-19(8-11-20)9-12-24(30)29-15-5-6-23(29)25-22(17-28(3)27-25)21-13-14-26-16-18(21)2/h7-8,10-11,13-14,16-17,23H,4-6,9,12,15H2,1-3H3. The van der Waals surface area contributed by atoms with Gasteiger partial charge < -0.3 is 9.64 Å². The van der Waals surface area contributed by atoms with E-state index in [1.807, 2.05) is 66.3 Å². The summed E-state index contributed by atoms with van der Waals surface area (Å²) in [4.78, 5) is 19.4. The maximum Gasteiger partial charge on any atom is 0.223 e. The van der Waals surface area contributed by atoms with Crippen LogP contribution in [-0.4, -0.2) is 38.7 Å². The number of likely N-dealkylation sites (tertiary alicyclic amines) is 1. The lowest BCUT2D eigenvalue weighted by Gasteiger charge is -2.24. The van der Waals surface area contributed by atoms with Crippen LogP contribution in [0, 0.1) is 6.92 Å². The molecule has 6 nitrogen and oxygen atoms in total. The number of carbonyl (C=O) groups is 1. The largest absolute Gasteiger partial charge is 0.494 e. The maximum atomic E-state index is 13.2. The van der Waals surface area contributed by atoms with Gasteiger partial charge in [0.1, 0.15) is 5.75 Å². The van der Waals surface area contributed by atoms with Crippen molar-refractivity contribution in [2.75, 3.05) is 13.2 Å². The third-order valence-electron chi connectivity index (χ3n) is 5.92. The zero-order valence-corrected chi connectivity index (χ0v) is 18.5. The summed E-state index contributed by atoms with van der Waals surface area (Å²) >= 11 is 0. The van der Waals surface area contributed by atoms with Crippen molar-refractivity contribution in [3.63, 3.8) is 0 Å². The van der Waals surface area contributed by atoms with E-state index in [2.05, 4.69) is 18.1 Å². The Hall–Kier alpha value is -3.15. The van der Waals surface area contributed by atoms with Gasteiger partial charge in [-0.25, -0.2) is 0 Å². The Morgan fingerprint density at radius 1 is 1.19 bits per heavy atom. The van der Waals surface area contributed by atoms with Gasteiger partial charge in [-0.2, -0.15) is 5.10 Å². The summed E-state index contributed by atoms with van der Waals surface area (Å²) in [6.45, 7) is 5.48. The molecule has 1 aliphatic heterocycles. The summed E-state index contributed by atoms with van der Waals surface area (Å²) in [5.41, 5.74) is 5.48. The van der Waals surface area contributed by atoms with E-state index in [-0.39, 0.29) is 11.9 Å². The van der Waals surface area contributed by atoms with Gasteiger partial charge in [-0.1, -0.05) is 12.1 Å². The first-order chi connectivity index (χ1) is 15.1. The molecule has 0 aliphatic carbocycles. The van der Waals surface area contributed by atoms with Gasteiger partial charge in [0.05, 0.1) is 18.3 Å². The number of hydrogen-bond donors (Lipinski definition) is 0. The third-order valence-corrected chi connectivity index (χ3v) is 5.92. The molecule has 1 aliphatic rings. The van der Waals surface area contributed by atoms with E-state index >= 15 is 0 Å². The monoisotopic (exact) mass is 418 g/mol. The highest BCUT2D eigenvalue weighted by molar-refractivity contribution is 5.78. The Kier molecular flexibility index (Phi) is 6.35. The van der Waals surface area contributed by atoms with Crippen LogP contribution in [-0.2, 0) is 18.3 Å². The highest BCUT2D eigenvalue weighted by Gasteiger charge is 2.33. The number of nitrogens with zero attached hydrogens (tertiary/aromatic N) is 4. The SMILES string of the molecule is CCOc1ccc(CCC(=O)N2CCCC2c2nn(C)cc2-c2ccncc2C)cc1. The molecule has 1 saturated heterocycles. The molecule has 1 fully saturated rings. The minimum Gasteiger partial charge on any atom is -0.494 e. The van der Waals surface area contributed by atoms with E-state index in [4.69, 9.17) is 9.84 Å². The Morgan fingerprint density at radius 3 is 2.74 bits per heavy atom. The number of amides is 1. The molecule has 6 heteroatoms. The second-order valence-corrected chi connectivity index (χ2v) is 8.11. The lowest BCUT2D eigenvalue weighted by Crippen LogP contribution is -2.31. The van der Waals surface area contributed by atoms with E-state index < -0.39 is 0 Å². The van der Waals surface area contributed by atoms with Gasteiger partial charge in [0.15, 0.2) is 0 Å². The molecule has 1 amide bonds. The van der Waals surface area contributed by atoms with E-state index in [1.165, 1.54) is 0 Å². The van der Waals surface area contributed by atoms with E-state index in [0.717, 1.165) is 59.5 Å². The topological polar surface area (TPSA) is 60.2 Å². The number of rotatable bonds is 7. The minimum absolute atomic E-state index is 0.0246. The average molecular weight is 419 g/mol. The normalized spacial score (nSPS) is 16.0. The smallest absolute Gasteiger partial charge is 0.223 e. The van der Waals surface area contributed by atoms with Gasteiger partial charge in [-0.15, -0.1) is 0 Å². The number of aromatic nitrogens is 3. The number of aryl methyl sites for hydroxylation is 3. The lowest BCUT2D eigenvalue weighted by atomic mass is 9.98. The second kappa shape index (κ2) is 9.33. The molecular formula is C25H30N4O2. The fourth-order valence-electron chi connectivity index (χ4n) is 4.40. The van der Waals surface area contributed by atoms with Crippen LogP contribution >= 0.6 is 0 Å². The molecule has 2 aromatic heterocycles. The average Bonchev–Trinajstić information content (AvgIpc) is 3.40. The van der Waals surface area contributed by atoms with Crippen LogP contribution < -0.4 is 4.74 Å². The summed E-state index contributed by atoms with van der Waals surface area (Å²) in [6, 6.07) is 10.1. The molecule has 0 bridgehead atoms. The third kappa shape index (κ3) is 4.63. The van der Waals surface area contributed by atoms with Crippen molar-refractivity contribution in [1.29, 1.82) is 0 Å². The highest BCUT2D eigenvalue weighted by atomic mass is 16.5. The summed E-state index contributed by atoms with van der Waals surface area (Å²) < 4.78 is 7.35. The molecule has 1 atom stereocenters. The van der Waals surface area contributed by atoms with Gasteiger partial charge in [-0.3, -0.25) is 14.5 Å². The summed E-state index contributed by atoms with van der Waals surface area (Å²) in [5.74, 6) is 1.06. The Labute approximate surface area is 183 Å². The van der Waals surface area contributed by atoms with Gasteiger partial charge in [0.25, 0.3) is 0 Å². The zero-order valence-electron chi connectivity index (χ0n) is 18.5. The predicted molar refractivity (Wildman–Crippen MR) is 121 cm³/mol. The molecule has 31 heavy (non-hydrogen) atoms. The van der Waals surface area contributed by atoms with E-state index in [1.54, 1.807) is 0 Å². The van der Waals surface area contributed by atoms with Crippen LogP contribution in [0.2, 0.25) is 0 Å². The lowest BCUT2D eigenvalue weighted by molar-refractivity contribution is -0.132. The van der Waals surface area contributed by atoms with Crippen LogP contribution in [0.15, 0.2) is 48.9 Å². The van der Waals surface area contributed by atoms with Crippen LogP contribution in [0.4, 0.5) is 0 Å². The van der Waals surface area contributed by atoms with Crippen LogP contribution in [0.25, 0.3) is 11.1 Å². The number of ether oxygens (including phenoxy) is 1. The maximum absolute atomic E-state index is 13.2. The van der Waals surface area contributed by atoms with Crippen LogP contribution in [0.1, 0.15) is 49.0 Å². The molecule has 0 radical (unpaired) electrons. The number of hydrogen-bond acceptors (Lipinski definition) is 4. The number of pyridine rings is 1. The van der Waals surface area contributed by atoms with Crippen molar-refractivity contribution in [2.24, 2.45) is 7.05 Å². The van der Waals surface area contributed by atoms with E-state index in [0.29, 0.717) is 13.0 Å². The predicted octanol–water partition coefficient (Wildman–Crippen LogP) is 4.49. The zero-order chi connectivity index (χ0) is 21.8. The van der Waals surface area contributed by atoms with Gasteiger partial charge in [0, 0.05) is 44.2 Å². The van der Waals surface area contributed by atoms with Gasteiger partial charge in [0.2, 0.25) is 5.91 Å². The van der Waals surface area contributed by atoms with Crippen molar-refractivity contribution >= 4 is 5.91 Å². The highest BCUT2D eigenvalue weighted by Crippen LogP contribution is 2.38. The molecular weight excluding hydrogens is 388 g/mol. The Bertz CT molecular complexity index is 1040. The van der Waals surface area contributed by atoms with Crippen LogP contribution in [0.3, 0.4) is 0 Å². The molecule has 3 aromatic rings. The second-order valence-electron chi connectivity index (χ2n) is 8.11. The first kappa shape index (κ1) is 21.1. The fraction of sp³-hybridized carbons (Fsp3) is 0.400. The van der Waals surface area contributed by atoms with E-state index in [9.17, 15) is 4.79 Å². The van der Waals surface area contributed by atoms with Crippen molar-refractivity contribution < 1.29 is 9.53 Å². The number of benzene rings is 1. The van der Waals surface area contributed by atoms with Gasteiger partial charge in [-0.05, 0) is 68.0 Å². The summed E-state index contributed by atoms with van der Waals surface area (Å²) in [7, 11) is 1.94. The first-order valence-corrected chi connectivity index (χ1v) is 11.0. The molecule has 0 saturated carbocycles.